The lowest BCUT2D eigenvalue weighted by Crippen LogP contribution is -2.58. The molecule has 3 heterocycles. The second-order valence-electron chi connectivity index (χ2n) is 10.3. The highest BCUT2D eigenvalue weighted by molar-refractivity contribution is 5.82. The molecule has 2 bridgehead atoms. The molecule has 3 aliphatic rings. The van der Waals surface area contributed by atoms with E-state index < -0.39 is 0 Å². The Morgan fingerprint density at radius 3 is 2.75 bits per heavy atom. The smallest absolute Gasteiger partial charge is 0.243 e. The number of hydrogen-bond donors (Lipinski definition) is 1. The number of aryl methyl sites for hydroxylation is 1. The van der Waals surface area contributed by atoms with Gasteiger partial charge in [-0.2, -0.15) is 0 Å². The van der Waals surface area contributed by atoms with Crippen LogP contribution in [-0.4, -0.2) is 44.5 Å². The molecule has 1 amide bonds. The molecule has 1 N–H and O–H groups in total. The Hall–Kier alpha value is -2.66. The van der Waals surface area contributed by atoms with Crippen LogP contribution in [0.15, 0.2) is 54.6 Å². The lowest BCUT2D eigenvalue weighted by molar-refractivity contribution is -0.136. The minimum Gasteiger partial charge on any atom is -0.333 e. The van der Waals surface area contributed by atoms with Crippen molar-refractivity contribution < 1.29 is 4.79 Å². The third-order valence-electron chi connectivity index (χ3n) is 8.47. The number of aromatic nitrogens is 2. The number of piperidine rings is 1. The van der Waals surface area contributed by atoms with Gasteiger partial charge >= 0.3 is 0 Å². The highest BCUT2D eigenvalue weighted by Crippen LogP contribution is 2.53. The minimum absolute atomic E-state index is 0.178. The Bertz CT molecular complexity index is 1150. The van der Waals surface area contributed by atoms with Gasteiger partial charge in [-0.05, 0) is 56.7 Å². The number of likely N-dealkylation sites (tertiary alicyclic amines) is 1. The zero-order chi connectivity index (χ0) is 21.9. The first kappa shape index (κ1) is 20.0. The van der Waals surface area contributed by atoms with Gasteiger partial charge in [0.2, 0.25) is 5.91 Å². The largest absolute Gasteiger partial charge is 0.333 e. The third kappa shape index (κ3) is 3.01. The number of para-hydroxylation sites is 2. The Morgan fingerprint density at radius 2 is 1.91 bits per heavy atom. The van der Waals surface area contributed by atoms with E-state index in [1.54, 1.807) is 0 Å². The molecule has 5 heteroatoms. The maximum absolute atomic E-state index is 13.9. The van der Waals surface area contributed by atoms with E-state index in [9.17, 15) is 4.79 Å². The predicted molar refractivity (Wildman–Crippen MR) is 126 cm³/mol. The zero-order valence-electron chi connectivity index (χ0n) is 19.0. The molecule has 2 saturated heterocycles. The maximum Gasteiger partial charge on any atom is 0.243 e. The molecule has 1 aliphatic carbocycles. The number of amides is 1. The van der Waals surface area contributed by atoms with Gasteiger partial charge in [-0.1, -0.05) is 49.4 Å². The molecule has 5 atom stereocenters. The average molecular weight is 429 g/mol. The Kier molecular flexibility index (Phi) is 4.65. The molecule has 1 saturated carbocycles. The topological polar surface area (TPSA) is 50.2 Å². The molecule has 5 nitrogen and oxygen atoms in total. The molecule has 32 heavy (non-hydrogen) atoms. The molecule has 0 spiro atoms. The van der Waals surface area contributed by atoms with Crippen molar-refractivity contribution in [1.29, 1.82) is 0 Å². The number of benzene rings is 2. The van der Waals surface area contributed by atoms with Crippen molar-refractivity contribution in [2.24, 2.45) is 5.41 Å². The van der Waals surface area contributed by atoms with Gasteiger partial charge in [-0.3, -0.25) is 4.79 Å². The molecule has 166 valence electrons. The molecule has 0 unspecified atom stereocenters. The number of nitrogens with zero attached hydrogens (tertiary/aromatic N) is 3. The average Bonchev–Trinajstić information content (AvgIpc) is 3.28. The zero-order valence-corrected chi connectivity index (χ0v) is 19.0. The summed E-state index contributed by atoms with van der Waals surface area (Å²) in [4.78, 5) is 20.9. The highest BCUT2D eigenvalue weighted by atomic mass is 16.2. The van der Waals surface area contributed by atoms with Crippen LogP contribution in [0, 0.1) is 12.3 Å². The van der Waals surface area contributed by atoms with E-state index >= 15 is 0 Å². The summed E-state index contributed by atoms with van der Waals surface area (Å²) in [7, 11) is 0. The number of rotatable bonds is 4. The van der Waals surface area contributed by atoms with Crippen molar-refractivity contribution in [3.63, 3.8) is 0 Å². The van der Waals surface area contributed by atoms with Crippen LogP contribution >= 0.6 is 0 Å². The molecule has 3 fully saturated rings. The van der Waals surface area contributed by atoms with Gasteiger partial charge in [0, 0.05) is 29.6 Å². The summed E-state index contributed by atoms with van der Waals surface area (Å²) < 4.78 is 2.10. The van der Waals surface area contributed by atoms with Gasteiger partial charge in [0.1, 0.15) is 12.4 Å². The van der Waals surface area contributed by atoms with Gasteiger partial charge in [-0.25, -0.2) is 4.98 Å². The summed E-state index contributed by atoms with van der Waals surface area (Å²) in [6, 6.07) is 20.3. The monoisotopic (exact) mass is 428 g/mol. The number of carbonyl (C=O) groups excluding carboxylic acids is 1. The van der Waals surface area contributed by atoms with E-state index in [4.69, 9.17) is 0 Å². The molecule has 1 aromatic heterocycles. The molecular weight excluding hydrogens is 396 g/mol. The van der Waals surface area contributed by atoms with E-state index in [0.29, 0.717) is 24.7 Å². The van der Waals surface area contributed by atoms with Crippen LogP contribution in [0.4, 0.5) is 0 Å². The van der Waals surface area contributed by atoms with Crippen molar-refractivity contribution >= 4 is 16.9 Å². The molecule has 6 rings (SSSR count). The second kappa shape index (κ2) is 7.45. The van der Waals surface area contributed by atoms with E-state index in [0.717, 1.165) is 36.1 Å². The number of hydrogen-bond acceptors (Lipinski definition) is 3. The quantitative estimate of drug-likeness (QED) is 0.681. The van der Waals surface area contributed by atoms with Crippen molar-refractivity contribution in [1.82, 2.24) is 19.8 Å². The SMILES string of the molecule is Cc1nc2ccccc2n1CC(=O)N1[C@H]2CCC[C@H]3N[C@@H](Cc4ccccc4)[C@@H]1C[C@@]23C. The van der Waals surface area contributed by atoms with Gasteiger partial charge in [0.25, 0.3) is 0 Å². The number of imidazole rings is 1. The van der Waals surface area contributed by atoms with Gasteiger partial charge in [0.15, 0.2) is 0 Å². The van der Waals surface area contributed by atoms with Crippen molar-refractivity contribution in [2.75, 3.05) is 0 Å². The summed E-state index contributed by atoms with van der Waals surface area (Å²) in [5.41, 5.74) is 3.54. The molecule has 2 aromatic carbocycles. The lowest BCUT2D eigenvalue weighted by Gasteiger charge is -2.46. The van der Waals surface area contributed by atoms with Crippen molar-refractivity contribution in [2.45, 2.75) is 76.7 Å². The fourth-order valence-electron chi connectivity index (χ4n) is 6.94. The highest BCUT2D eigenvalue weighted by Gasteiger charge is 2.60. The van der Waals surface area contributed by atoms with Gasteiger partial charge < -0.3 is 14.8 Å². The number of nitrogens with one attached hydrogen (secondary N) is 1. The molecule has 2 aliphatic heterocycles. The molecule has 3 aromatic rings. The minimum atomic E-state index is 0.178. The van der Waals surface area contributed by atoms with E-state index in [1.165, 1.54) is 18.4 Å². The normalized spacial score (nSPS) is 31.2. The van der Waals surface area contributed by atoms with Gasteiger partial charge in [-0.15, -0.1) is 0 Å². The number of carbonyl (C=O) groups is 1. The molecule has 0 radical (unpaired) electrons. The van der Waals surface area contributed by atoms with Gasteiger partial charge in [0.05, 0.1) is 11.0 Å². The predicted octanol–water partition coefficient (Wildman–Crippen LogP) is 4.09. The fourth-order valence-corrected chi connectivity index (χ4v) is 6.94. The second-order valence-corrected chi connectivity index (χ2v) is 10.3. The summed E-state index contributed by atoms with van der Waals surface area (Å²) in [5.74, 6) is 1.16. The van der Waals surface area contributed by atoms with Crippen LogP contribution in [0.25, 0.3) is 11.0 Å². The lowest BCUT2D eigenvalue weighted by atomic mass is 9.65. The first-order chi connectivity index (χ1) is 15.5. The van der Waals surface area contributed by atoms with E-state index in [1.807, 2.05) is 25.1 Å². The van der Waals surface area contributed by atoms with Crippen LogP contribution in [0.1, 0.15) is 44.0 Å². The summed E-state index contributed by atoms with van der Waals surface area (Å²) in [6.45, 7) is 4.80. The fraction of sp³-hybridized carbons (Fsp3) is 0.481. The Labute approximate surface area is 189 Å². The Morgan fingerprint density at radius 1 is 1.12 bits per heavy atom. The first-order valence-electron chi connectivity index (χ1n) is 12.1. The van der Waals surface area contributed by atoms with E-state index in [-0.39, 0.29) is 17.4 Å². The van der Waals surface area contributed by atoms with E-state index in [2.05, 4.69) is 63.1 Å². The van der Waals surface area contributed by atoms with Crippen LogP contribution < -0.4 is 5.32 Å². The third-order valence-corrected chi connectivity index (χ3v) is 8.47. The summed E-state index contributed by atoms with van der Waals surface area (Å²) in [6.07, 6.45) is 5.63. The van der Waals surface area contributed by atoms with Crippen LogP contribution in [0.2, 0.25) is 0 Å². The first-order valence-corrected chi connectivity index (χ1v) is 12.1. The standard InChI is InChI=1S/C27H32N4O/c1-18-28-20-11-6-7-12-22(20)30(18)17-26(32)31-23-16-27(2)24(13-8-14-25(27)31)29-21(23)15-19-9-4-3-5-10-19/h3-7,9-12,21,23-25,29H,8,13-17H2,1-2H3/t21-,23-,24+,25-,27+/m0/s1. The molecular formula is C27H32N4O. The Balaban J connectivity index is 1.34. The van der Waals surface area contributed by atoms with Crippen LogP contribution in [0.5, 0.6) is 0 Å². The van der Waals surface area contributed by atoms with Crippen LogP contribution in [0.3, 0.4) is 0 Å². The number of fused-ring (bicyclic) bond motifs is 2. The maximum atomic E-state index is 13.9. The van der Waals surface area contributed by atoms with Crippen molar-refractivity contribution in [3.8, 4) is 0 Å². The summed E-state index contributed by atoms with van der Waals surface area (Å²) >= 11 is 0. The summed E-state index contributed by atoms with van der Waals surface area (Å²) in [5, 5.41) is 4.01. The van der Waals surface area contributed by atoms with Crippen LogP contribution in [-0.2, 0) is 17.8 Å². The van der Waals surface area contributed by atoms with Crippen molar-refractivity contribution in [3.05, 3.63) is 66.0 Å².